The summed E-state index contributed by atoms with van der Waals surface area (Å²) in [6.07, 6.45) is 2.26. The molecule has 0 fully saturated rings. The summed E-state index contributed by atoms with van der Waals surface area (Å²) >= 11 is 0. The number of hydrogen-bond acceptors (Lipinski definition) is 3. The molecule has 4 heteroatoms. The Balaban J connectivity index is 3.32. The van der Waals surface area contributed by atoms with Gasteiger partial charge >= 0.3 is 0 Å². The van der Waals surface area contributed by atoms with Crippen LogP contribution in [0.25, 0.3) is 0 Å². The van der Waals surface area contributed by atoms with Crippen LogP contribution in [0.1, 0.15) is 66.1 Å². The number of nitrogen functional groups attached to an aromatic ring is 1. The summed E-state index contributed by atoms with van der Waals surface area (Å²) in [5, 5.41) is 4.64. The lowest BCUT2D eigenvalue weighted by atomic mass is 10.1. The van der Waals surface area contributed by atoms with E-state index in [9.17, 15) is 0 Å². The zero-order valence-corrected chi connectivity index (χ0v) is 14.3. The summed E-state index contributed by atoms with van der Waals surface area (Å²) in [5.74, 6) is 1.71. The van der Waals surface area contributed by atoms with E-state index in [1.165, 1.54) is 0 Å². The van der Waals surface area contributed by atoms with Crippen LogP contribution >= 0.6 is 0 Å². The zero-order valence-electron chi connectivity index (χ0n) is 14.3. The minimum Gasteiger partial charge on any atom is -0.394 e. The Hall–Kier alpha value is -1.19. The van der Waals surface area contributed by atoms with Crippen LogP contribution in [0.15, 0.2) is 0 Å². The number of aromatic nitrogens is 2. The molecule has 0 atom stereocenters. The Bertz CT molecular complexity index is 416. The molecule has 1 aromatic rings. The topological polar surface area (TPSA) is 47.1 Å². The smallest absolute Gasteiger partial charge is 0.151 e. The molecule has 0 aliphatic rings. The molecule has 4 nitrogen and oxygen atoms in total. The molecule has 0 aromatic carbocycles. The lowest BCUT2D eigenvalue weighted by Crippen LogP contribution is -2.39. The first-order chi connectivity index (χ1) is 9.33. The Kier molecular flexibility index (Phi) is 5.90. The van der Waals surface area contributed by atoms with Gasteiger partial charge in [0.1, 0.15) is 0 Å². The SMILES string of the molecule is CCC(CC)N(CC(C)C)c1c(N)c(C)nn1C(C)C. The fourth-order valence-corrected chi connectivity index (χ4v) is 2.73. The molecule has 0 amide bonds. The largest absolute Gasteiger partial charge is 0.394 e. The van der Waals surface area contributed by atoms with Gasteiger partial charge in [-0.25, -0.2) is 4.68 Å². The maximum Gasteiger partial charge on any atom is 0.151 e. The molecule has 0 saturated carbocycles. The van der Waals surface area contributed by atoms with Gasteiger partial charge in [-0.1, -0.05) is 27.7 Å². The van der Waals surface area contributed by atoms with Gasteiger partial charge in [-0.05, 0) is 39.5 Å². The van der Waals surface area contributed by atoms with Gasteiger partial charge in [0.05, 0.1) is 11.4 Å². The van der Waals surface area contributed by atoms with Gasteiger partial charge in [-0.2, -0.15) is 5.10 Å². The van der Waals surface area contributed by atoms with Crippen LogP contribution in [-0.2, 0) is 0 Å². The van der Waals surface area contributed by atoms with E-state index < -0.39 is 0 Å². The second-order valence-electron chi connectivity index (χ2n) is 6.38. The van der Waals surface area contributed by atoms with Gasteiger partial charge in [-0.3, -0.25) is 0 Å². The summed E-state index contributed by atoms with van der Waals surface area (Å²) in [5.41, 5.74) is 8.12. The van der Waals surface area contributed by atoms with Crippen LogP contribution in [0.3, 0.4) is 0 Å². The number of hydrogen-bond donors (Lipinski definition) is 1. The fourth-order valence-electron chi connectivity index (χ4n) is 2.73. The van der Waals surface area contributed by atoms with E-state index in [-0.39, 0.29) is 0 Å². The first kappa shape index (κ1) is 16.9. The van der Waals surface area contributed by atoms with Crippen molar-refractivity contribution in [2.24, 2.45) is 5.92 Å². The third-order valence-electron chi connectivity index (χ3n) is 3.81. The van der Waals surface area contributed by atoms with Gasteiger partial charge in [-0.15, -0.1) is 0 Å². The van der Waals surface area contributed by atoms with Crippen LogP contribution < -0.4 is 10.6 Å². The average molecular weight is 280 g/mol. The number of nitrogens with zero attached hydrogens (tertiary/aromatic N) is 3. The Morgan fingerprint density at radius 3 is 2.10 bits per heavy atom. The normalized spacial score (nSPS) is 11.9. The molecule has 2 N–H and O–H groups in total. The highest BCUT2D eigenvalue weighted by atomic mass is 15.4. The van der Waals surface area contributed by atoms with Crippen LogP contribution in [0.5, 0.6) is 0 Å². The molecule has 0 aliphatic carbocycles. The molecule has 116 valence electrons. The molecule has 0 bridgehead atoms. The van der Waals surface area contributed by atoms with Gasteiger partial charge in [0.15, 0.2) is 5.82 Å². The van der Waals surface area contributed by atoms with Gasteiger partial charge in [0.2, 0.25) is 0 Å². The maximum absolute atomic E-state index is 6.34. The van der Waals surface area contributed by atoms with Gasteiger partial charge in [0.25, 0.3) is 0 Å². The molecule has 1 heterocycles. The summed E-state index contributed by atoms with van der Waals surface area (Å²) in [6, 6.07) is 0.846. The first-order valence-electron chi connectivity index (χ1n) is 7.94. The van der Waals surface area contributed by atoms with Crippen LogP contribution in [0.2, 0.25) is 0 Å². The predicted octanol–water partition coefficient (Wildman–Crippen LogP) is 4.01. The number of rotatable bonds is 7. The molecule has 1 rings (SSSR count). The standard InChI is InChI=1S/C16H32N4/c1-8-14(9-2)19(10-11(3)4)16-15(17)13(7)18-20(16)12(5)6/h11-12,14H,8-10,17H2,1-7H3. The predicted molar refractivity (Wildman–Crippen MR) is 88.3 cm³/mol. The van der Waals surface area contributed by atoms with E-state index in [2.05, 4.69) is 56.2 Å². The first-order valence-corrected chi connectivity index (χ1v) is 7.94. The maximum atomic E-state index is 6.34. The van der Waals surface area contributed by atoms with Crippen molar-refractivity contribution >= 4 is 11.5 Å². The summed E-state index contributed by atoms with van der Waals surface area (Å²) in [7, 11) is 0. The highest BCUT2D eigenvalue weighted by Crippen LogP contribution is 2.32. The fraction of sp³-hybridized carbons (Fsp3) is 0.812. The van der Waals surface area contributed by atoms with Crippen LogP contribution in [0, 0.1) is 12.8 Å². The third-order valence-corrected chi connectivity index (χ3v) is 3.81. The molecule has 0 spiro atoms. The highest BCUT2D eigenvalue weighted by molar-refractivity contribution is 5.67. The second-order valence-corrected chi connectivity index (χ2v) is 6.38. The molecule has 0 radical (unpaired) electrons. The minimum atomic E-state index is 0.324. The highest BCUT2D eigenvalue weighted by Gasteiger charge is 2.25. The van der Waals surface area contributed by atoms with Crippen molar-refractivity contribution in [3.8, 4) is 0 Å². The quantitative estimate of drug-likeness (QED) is 0.821. The third kappa shape index (κ3) is 3.47. The van der Waals surface area contributed by atoms with Crippen molar-refractivity contribution in [2.45, 2.75) is 73.4 Å². The van der Waals surface area contributed by atoms with E-state index in [4.69, 9.17) is 5.73 Å². The summed E-state index contributed by atoms with van der Waals surface area (Å²) < 4.78 is 2.09. The molecular formula is C16H32N4. The lowest BCUT2D eigenvalue weighted by molar-refractivity contribution is 0.467. The van der Waals surface area contributed by atoms with E-state index in [1.54, 1.807) is 0 Å². The van der Waals surface area contributed by atoms with Gasteiger partial charge < -0.3 is 10.6 Å². The summed E-state index contributed by atoms with van der Waals surface area (Å²) in [6.45, 7) is 16.4. The molecule has 20 heavy (non-hydrogen) atoms. The molecular weight excluding hydrogens is 248 g/mol. The van der Waals surface area contributed by atoms with E-state index in [0.29, 0.717) is 18.0 Å². The van der Waals surface area contributed by atoms with Crippen molar-refractivity contribution < 1.29 is 0 Å². The number of anilines is 2. The van der Waals surface area contributed by atoms with Crippen LogP contribution in [-0.4, -0.2) is 22.4 Å². The number of nitrogens with two attached hydrogens (primary N) is 1. The zero-order chi connectivity index (χ0) is 15.4. The van der Waals surface area contributed by atoms with Crippen molar-refractivity contribution in [3.05, 3.63) is 5.69 Å². The second kappa shape index (κ2) is 7.00. The summed E-state index contributed by atoms with van der Waals surface area (Å²) in [4.78, 5) is 2.47. The van der Waals surface area contributed by atoms with Crippen molar-refractivity contribution in [1.29, 1.82) is 0 Å². The Morgan fingerprint density at radius 1 is 1.15 bits per heavy atom. The van der Waals surface area contributed by atoms with Gasteiger partial charge in [0, 0.05) is 18.6 Å². The lowest BCUT2D eigenvalue weighted by Gasteiger charge is -2.35. The van der Waals surface area contributed by atoms with E-state index in [1.807, 2.05) is 6.92 Å². The Labute approximate surface area is 124 Å². The number of aryl methyl sites for hydroxylation is 1. The molecule has 0 unspecified atom stereocenters. The van der Waals surface area contributed by atoms with E-state index >= 15 is 0 Å². The van der Waals surface area contributed by atoms with Crippen molar-refractivity contribution in [3.63, 3.8) is 0 Å². The van der Waals surface area contributed by atoms with Crippen molar-refractivity contribution in [2.75, 3.05) is 17.2 Å². The average Bonchev–Trinajstić information content (AvgIpc) is 2.66. The minimum absolute atomic E-state index is 0.324. The van der Waals surface area contributed by atoms with Crippen LogP contribution in [0.4, 0.5) is 11.5 Å². The molecule has 1 aromatic heterocycles. The molecule has 0 aliphatic heterocycles. The Morgan fingerprint density at radius 2 is 1.70 bits per heavy atom. The van der Waals surface area contributed by atoms with Crippen molar-refractivity contribution in [1.82, 2.24) is 9.78 Å². The monoisotopic (exact) mass is 280 g/mol. The van der Waals surface area contributed by atoms with E-state index in [0.717, 1.165) is 36.6 Å². The molecule has 0 saturated heterocycles.